The molecule has 0 fully saturated rings. The van der Waals surface area contributed by atoms with Crippen LogP contribution in [0.2, 0.25) is 0 Å². The van der Waals surface area contributed by atoms with Crippen LogP contribution in [0.25, 0.3) is 21.9 Å². The Morgan fingerprint density at radius 1 is 0.903 bits per heavy atom. The summed E-state index contributed by atoms with van der Waals surface area (Å²) >= 11 is 0. The summed E-state index contributed by atoms with van der Waals surface area (Å²) in [6, 6.07) is 19.9. The lowest BCUT2D eigenvalue weighted by Gasteiger charge is -2.23. The third-order valence-electron chi connectivity index (χ3n) is 5.97. The van der Waals surface area contributed by atoms with E-state index in [0.29, 0.717) is 11.3 Å². The van der Waals surface area contributed by atoms with Crippen molar-refractivity contribution >= 4 is 33.7 Å². The van der Waals surface area contributed by atoms with Gasteiger partial charge in [-0.3, -0.25) is 9.78 Å². The quantitative estimate of drug-likeness (QED) is 0.419. The van der Waals surface area contributed by atoms with Crippen LogP contribution in [-0.4, -0.2) is 22.6 Å². The maximum absolute atomic E-state index is 13.0. The number of rotatable bonds is 3. The van der Waals surface area contributed by atoms with Crippen LogP contribution in [0.3, 0.4) is 0 Å². The summed E-state index contributed by atoms with van der Waals surface area (Å²) < 4.78 is 0. The van der Waals surface area contributed by atoms with E-state index in [1.807, 2.05) is 74.6 Å². The van der Waals surface area contributed by atoms with Gasteiger partial charge in [-0.05, 0) is 52.4 Å². The van der Waals surface area contributed by atoms with E-state index in [4.69, 9.17) is 0 Å². The summed E-state index contributed by atoms with van der Waals surface area (Å²) in [4.78, 5) is 17.2. The van der Waals surface area contributed by atoms with Gasteiger partial charge in [0.05, 0.1) is 29.2 Å². The van der Waals surface area contributed by atoms with Crippen molar-refractivity contribution in [3.05, 3.63) is 84.2 Å². The van der Waals surface area contributed by atoms with Gasteiger partial charge in [0.1, 0.15) is 0 Å². The van der Waals surface area contributed by atoms with E-state index in [9.17, 15) is 9.90 Å². The lowest BCUT2D eigenvalue weighted by molar-refractivity contribution is 0.102. The van der Waals surface area contributed by atoms with Crippen LogP contribution in [-0.2, 0) is 5.41 Å². The van der Waals surface area contributed by atoms with E-state index < -0.39 is 5.41 Å². The van der Waals surface area contributed by atoms with Crippen molar-refractivity contribution in [2.45, 2.75) is 19.3 Å². The lowest BCUT2D eigenvalue weighted by Crippen LogP contribution is -2.22. The number of benzene rings is 3. The first-order chi connectivity index (χ1) is 15.0. The number of amides is 1. The smallest absolute Gasteiger partial charge is 0.257 e. The van der Waals surface area contributed by atoms with E-state index in [-0.39, 0.29) is 12.5 Å². The average Bonchev–Trinajstić information content (AvgIpc) is 2.93. The molecule has 4 aromatic rings. The Bertz CT molecular complexity index is 1320. The van der Waals surface area contributed by atoms with Gasteiger partial charge in [-0.1, -0.05) is 44.2 Å². The third-order valence-corrected chi connectivity index (χ3v) is 5.97. The van der Waals surface area contributed by atoms with E-state index in [2.05, 4.69) is 21.7 Å². The minimum atomic E-state index is -0.394. The Morgan fingerprint density at radius 3 is 2.61 bits per heavy atom. The molecule has 31 heavy (non-hydrogen) atoms. The maximum atomic E-state index is 13.0. The molecule has 0 aliphatic carbocycles. The molecule has 1 amide bonds. The van der Waals surface area contributed by atoms with E-state index >= 15 is 0 Å². The molecular weight excluding hydrogens is 386 g/mol. The van der Waals surface area contributed by atoms with Crippen molar-refractivity contribution in [3.63, 3.8) is 0 Å². The first-order valence-corrected chi connectivity index (χ1v) is 10.3. The number of nitrogens with zero attached hydrogens (tertiary/aromatic N) is 1. The number of anilines is 3. The van der Waals surface area contributed by atoms with Crippen molar-refractivity contribution in [1.82, 2.24) is 4.98 Å². The number of hydrogen-bond acceptors (Lipinski definition) is 4. The number of nitrogens with one attached hydrogen (secondary N) is 2. The molecule has 2 heterocycles. The van der Waals surface area contributed by atoms with Gasteiger partial charge < -0.3 is 15.7 Å². The molecule has 0 saturated heterocycles. The normalized spacial score (nSPS) is 13.1. The van der Waals surface area contributed by atoms with Crippen LogP contribution < -0.4 is 10.6 Å². The number of carbonyl (C=O) groups excluding carboxylic acids is 1. The van der Waals surface area contributed by atoms with Crippen LogP contribution in [0.5, 0.6) is 0 Å². The van der Waals surface area contributed by atoms with Crippen molar-refractivity contribution in [2.75, 3.05) is 17.2 Å². The highest BCUT2D eigenvalue weighted by molar-refractivity contribution is 6.13. The van der Waals surface area contributed by atoms with E-state index in [0.717, 1.165) is 38.8 Å². The van der Waals surface area contributed by atoms with Crippen molar-refractivity contribution in [2.24, 2.45) is 0 Å². The fourth-order valence-corrected chi connectivity index (χ4v) is 3.99. The molecule has 1 aliphatic rings. The Hall–Kier alpha value is -3.70. The molecule has 3 N–H and O–H groups in total. The largest absolute Gasteiger partial charge is 0.395 e. The molecule has 0 bridgehead atoms. The van der Waals surface area contributed by atoms with Crippen LogP contribution in [0, 0.1) is 0 Å². The van der Waals surface area contributed by atoms with E-state index in [1.165, 1.54) is 0 Å². The molecule has 1 aliphatic heterocycles. The summed E-state index contributed by atoms with van der Waals surface area (Å²) in [5.74, 6) is -0.158. The highest BCUT2D eigenvalue weighted by atomic mass is 16.3. The first-order valence-electron chi connectivity index (χ1n) is 10.3. The molecule has 0 radical (unpaired) electrons. The average molecular weight is 409 g/mol. The number of aliphatic hydroxyl groups is 1. The summed E-state index contributed by atoms with van der Waals surface area (Å²) in [7, 11) is 0. The second kappa shape index (κ2) is 7.22. The zero-order valence-corrected chi connectivity index (χ0v) is 17.4. The maximum Gasteiger partial charge on any atom is 0.257 e. The van der Waals surface area contributed by atoms with Crippen molar-refractivity contribution < 1.29 is 9.90 Å². The van der Waals surface area contributed by atoms with Crippen LogP contribution in [0.1, 0.15) is 29.8 Å². The number of aromatic nitrogens is 1. The molecule has 0 spiro atoms. The van der Waals surface area contributed by atoms with Crippen LogP contribution >= 0.6 is 0 Å². The minimum Gasteiger partial charge on any atom is -0.395 e. The molecule has 1 aromatic heterocycles. The van der Waals surface area contributed by atoms with E-state index in [1.54, 1.807) is 6.20 Å². The minimum absolute atomic E-state index is 0.0251. The molecule has 5 rings (SSSR count). The summed E-state index contributed by atoms with van der Waals surface area (Å²) in [6.07, 6.45) is 3.65. The van der Waals surface area contributed by atoms with Gasteiger partial charge in [0.2, 0.25) is 0 Å². The van der Waals surface area contributed by atoms with Gasteiger partial charge in [0, 0.05) is 23.2 Å². The van der Waals surface area contributed by atoms with Gasteiger partial charge in [-0.2, -0.15) is 0 Å². The number of pyridine rings is 1. The second-order valence-electron chi connectivity index (χ2n) is 8.54. The number of aliphatic hydroxyl groups excluding tert-OH is 1. The summed E-state index contributed by atoms with van der Waals surface area (Å²) in [5, 5.41) is 18.3. The first kappa shape index (κ1) is 19.3. The van der Waals surface area contributed by atoms with Crippen LogP contribution in [0.4, 0.5) is 17.1 Å². The molecule has 0 atom stereocenters. The number of fused-ring (bicyclic) bond motifs is 3. The SMILES string of the molecule is CC(C)(CO)c1ccc2c(c1)NC(=O)c1ccc(-c3cccc4cnccc34)cc1N2. The lowest BCUT2D eigenvalue weighted by atomic mass is 9.85. The molecule has 0 unspecified atom stereocenters. The number of hydrogen-bond donors (Lipinski definition) is 3. The molecule has 3 aromatic carbocycles. The van der Waals surface area contributed by atoms with Gasteiger partial charge >= 0.3 is 0 Å². The summed E-state index contributed by atoms with van der Waals surface area (Å²) in [5.41, 5.74) is 5.56. The fourth-order valence-electron chi connectivity index (χ4n) is 3.99. The molecule has 154 valence electrons. The molecule has 0 saturated carbocycles. The standard InChI is InChI=1S/C26H23N3O2/c1-26(2,15-30)18-7-9-22-24(13-18)29-25(31)21-8-6-16(12-23(21)28-22)19-5-3-4-17-14-27-11-10-20(17)19/h3-14,28,30H,15H2,1-2H3,(H,29,31). The van der Waals surface area contributed by atoms with Gasteiger partial charge in [-0.25, -0.2) is 0 Å². The monoisotopic (exact) mass is 409 g/mol. The Labute approximate surface area is 180 Å². The van der Waals surface area contributed by atoms with Crippen molar-refractivity contribution in [3.8, 4) is 11.1 Å². The number of carbonyl (C=O) groups is 1. The van der Waals surface area contributed by atoms with Crippen molar-refractivity contribution in [1.29, 1.82) is 0 Å². The Balaban J connectivity index is 1.60. The van der Waals surface area contributed by atoms with Gasteiger partial charge in [-0.15, -0.1) is 0 Å². The topological polar surface area (TPSA) is 74.2 Å². The molecular formula is C26H23N3O2. The zero-order valence-electron chi connectivity index (χ0n) is 17.4. The van der Waals surface area contributed by atoms with Gasteiger partial charge in [0.15, 0.2) is 0 Å². The van der Waals surface area contributed by atoms with Crippen LogP contribution in [0.15, 0.2) is 73.1 Å². The highest BCUT2D eigenvalue weighted by Crippen LogP contribution is 2.38. The molecule has 5 heteroatoms. The predicted octanol–water partition coefficient (Wildman–Crippen LogP) is 5.48. The third kappa shape index (κ3) is 3.33. The molecule has 5 nitrogen and oxygen atoms in total. The highest BCUT2D eigenvalue weighted by Gasteiger charge is 2.24. The second-order valence-corrected chi connectivity index (χ2v) is 8.54. The fraction of sp³-hybridized carbons (Fsp3) is 0.154. The Morgan fingerprint density at radius 2 is 1.77 bits per heavy atom. The zero-order chi connectivity index (χ0) is 21.6. The predicted molar refractivity (Wildman–Crippen MR) is 125 cm³/mol. The summed E-state index contributed by atoms with van der Waals surface area (Å²) in [6.45, 7) is 3.97. The van der Waals surface area contributed by atoms with Gasteiger partial charge in [0.25, 0.3) is 5.91 Å². The Kier molecular flexibility index (Phi) is 4.49.